The molecule has 90 valence electrons. The molecule has 0 radical (unpaired) electrons. The smallest absolute Gasteiger partial charge is 0.123 e. The van der Waals surface area contributed by atoms with Crippen molar-refractivity contribution in [3.05, 3.63) is 36.0 Å². The molecule has 0 atom stereocenters. The van der Waals surface area contributed by atoms with Crippen molar-refractivity contribution >= 4 is 0 Å². The third-order valence-corrected chi connectivity index (χ3v) is 2.81. The summed E-state index contributed by atoms with van der Waals surface area (Å²) in [6, 6.07) is 8.18. The van der Waals surface area contributed by atoms with Crippen LogP contribution in [0.25, 0.3) is 11.3 Å². The third-order valence-electron chi connectivity index (χ3n) is 2.81. The largest absolute Gasteiger partial charge is 0.496 e. The minimum absolute atomic E-state index is 0.0788. The minimum atomic E-state index is 0.0788. The van der Waals surface area contributed by atoms with Gasteiger partial charge in [-0.15, -0.1) is 0 Å². The molecule has 0 aliphatic rings. The molecule has 0 spiro atoms. The maximum Gasteiger partial charge on any atom is 0.123 e. The summed E-state index contributed by atoms with van der Waals surface area (Å²) in [4.78, 5) is 0. The van der Waals surface area contributed by atoms with E-state index in [1.807, 2.05) is 18.3 Å². The lowest BCUT2D eigenvalue weighted by Gasteiger charge is -2.22. The van der Waals surface area contributed by atoms with Gasteiger partial charge in [-0.1, -0.05) is 32.9 Å². The molecule has 2 rings (SSSR count). The molecule has 0 amide bonds. The minimum Gasteiger partial charge on any atom is -0.496 e. The maximum absolute atomic E-state index is 5.47. The van der Waals surface area contributed by atoms with Crippen molar-refractivity contribution in [1.29, 1.82) is 0 Å². The van der Waals surface area contributed by atoms with Gasteiger partial charge in [-0.05, 0) is 23.1 Å². The van der Waals surface area contributed by atoms with Crippen molar-refractivity contribution in [3.8, 4) is 17.0 Å². The zero-order chi connectivity index (χ0) is 12.5. The Kier molecular flexibility index (Phi) is 2.92. The van der Waals surface area contributed by atoms with Gasteiger partial charge in [0.05, 0.1) is 12.8 Å². The van der Waals surface area contributed by atoms with Crippen LogP contribution in [-0.4, -0.2) is 17.3 Å². The van der Waals surface area contributed by atoms with E-state index >= 15 is 0 Å². The second-order valence-electron chi connectivity index (χ2n) is 5.12. The Morgan fingerprint density at radius 2 is 1.94 bits per heavy atom. The summed E-state index contributed by atoms with van der Waals surface area (Å²) >= 11 is 0. The number of aromatic nitrogens is 2. The number of ether oxygens (including phenoxy) is 1. The van der Waals surface area contributed by atoms with Gasteiger partial charge < -0.3 is 4.74 Å². The van der Waals surface area contributed by atoms with E-state index in [9.17, 15) is 0 Å². The fourth-order valence-electron chi connectivity index (χ4n) is 1.89. The van der Waals surface area contributed by atoms with Crippen LogP contribution in [0.3, 0.4) is 0 Å². The van der Waals surface area contributed by atoms with E-state index in [1.165, 1.54) is 5.56 Å². The van der Waals surface area contributed by atoms with E-state index < -0.39 is 0 Å². The van der Waals surface area contributed by atoms with Crippen molar-refractivity contribution in [3.63, 3.8) is 0 Å². The SMILES string of the molecule is COc1cc(-c2cc[nH]n2)ccc1C(C)(C)C. The lowest BCUT2D eigenvalue weighted by Crippen LogP contribution is -2.12. The number of hydrogen-bond donors (Lipinski definition) is 1. The van der Waals surface area contributed by atoms with Gasteiger partial charge in [-0.3, -0.25) is 5.10 Å². The molecule has 0 unspecified atom stereocenters. The van der Waals surface area contributed by atoms with Crippen LogP contribution in [0.15, 0.2) is 30.5 Å². The molecule has 1 aromatic heterocycles. The highest BCUT2D eigenvalue weighted by molar-refractivity contribution is 5.62. The van der Waals surface area contributed by atoms with Crippen LogP contribution in [0, 0.1) is 0 Å². The fraction of sp³-hybridized carbons (Fsp3) is 0.357. The number of H-pyrrole nitrogens is 1. The molecule has 0 saturated heterocycles. The molecule has 0 bridgehead atoms. The molecule has 1 aromatic carbocycles. The monoisotopic (exact) mass is 230 g/mol. The van der Waals surface area contributed by atoms with Crippen molar-refractivity contribution in [2.75, 3.05) is 7.11 Å². The molecular weight excluding hydrogens is 212 g/mol. The summed E-state index contributed by atoms with van der Waals surface area (Å²) in [6.07, 6.45) is 1.82. The number of methoxy groups -OCH3 is 1. The lowest BCUT2D eigenvalue weighted by atomic mass is 9.85. The molecule has 3 heteroatoms. The van der Waals surface area contributed by atoms with E-state index in [2.05, 4.69) is 43.1 Å². The van der Waals surface area contributed by atoms with Gasteiger partial charge >= 0.3 is 0 Å². The highest BCUT2D eigenvalue weighted by atomic mass is 16.5. The number of nitrogens with zero attached hydrogens (tertiary/aromatic N) is 1. The summed E-state index contributed by atoms with van der Waals surface area (Å²) in [5, 5.41) is 6.99. The van der Waals surface area contributed by atoms with Gasteiger partial charge in [0.25, 0.3) is 0 Å². The topological polar surface area (TPSA) is 37.9 Å². The molecule has 17 heavy (non-hydrogen) atoms. The lowest BCUT2D eigenvalue weighted by molar-refractivity contribution is 0.398. The number of rotatable bonds is 2. The first-order valence-corrected chi connectivity index (χ1v) is 5.71. The van der Waals surface area contributed by atoms with E-state index in [-0.39, 0.29) is 5.41 Å². The van der Waals surface area contributed by atoms with Crippen molar-refractivity contribution in [2.24, 2.45) is 0 Å². The van der Waals surface area contributed by atoms with Crippen LogP contribution in [-0.2, 0) is 5.41 Å². The van der Waals surface area contributed by atoms with Crippen LogP contribution < -0.4 is 4.74 Å². The Morgan fingerprint density at radius 3 is 2.47 bits per heavy atom. The standard InChI is InChI=1S/C14H18N2O/c1-14(2,3)11-6-5-10(9-13(11)17-4)12-7-8-15-16-12/h5-9H,1-4H3,(H,15,16). The molecule has 0 fully saturated rings. The van der Waals surface area contributed by atoms with E-state index in [1.54, 1.807) is 7.11 Å². The molecule has 1 heterocycles. The second kappa shape index (κ2) is 4.24. The zero-order valence-corrected chi connectivity index (χ0v) is 10.7. The Balaban J connectivity index is 2.49. The molecule has 0 saturated carbocycles. The summed E-state index contributed by atoms with van der Waals surface area (Å²) in [7, 11) is 1.71. The van der Waals surface area contributed by atoms with Gasteiger partial charge in [0.1, 0.15) is 5.75 Å². The average Bonchev–Trinajstić information content (AvgIpc) is 2.80. The number of hydrogen-bond acceptors (Lipinski definition) is 2. The Labute approximate surface area is 102 Å². The van der Waals surface area contributed by atoms with Crippen LogP contribution in [0.1, 0.15) is 26.3 Å². The highest BCUT2D eigenvalue weighted by Gasteiger charge is 2.19. The van der Waals surface area contributed by atoms with Gasteiger partial charge in [0, 0.05) is 11.8 Å². The van der Waals surface area contributed by atoms with Crippen LogP contribution >= 0.6 is 0 Å². The zero-order valence-electron chi connectivity index (χ0n) is 10.7. The van der Waals surface area contributed by atoms with E-state index in [0.29, 0.717) is 0 Å². The summed E-state index contributed by atoms with van der Waals surface area (Å²) in [5.41, 5.74) is 3.29. The summed E-state index contributed by atoms with van der Waals surface area (Å²) < 4.78 is 5.47. The van der Waals surface area contributed by atoms with Crippen molar-refractivity contribution < 1.29 is 4.74 Å². The Bertz CT molecular complexity index is 495. The quantitative estimate of drug-likeness (QED) is 0.858. The van der Waals surface area contributed by atoms with E-state index in [0.717, 1.165) is 17.0 Å². The molecule has 2 aromatic rings. The van der Waals surface area contributed by atoms with Gasteiger partial charge in [0.15, 0.2) is 0 Å². The first-order valence-electron chi connectivity index (χ1n) is 5.71. The van der Waals surface area contributed by atoms with Crippen LogP contribution in [0.4, 0.5) is 0 Å². The first-order chi connectivity index (χ1) is 8.02. The van der Waals surface area contributed by atoms with Gasteiger partial charge in [-0.25, -0.2) is 0 Å². The highest BCUT2D eigenvalue weighted by Crippen LogP contribution is 2.34. The molecular formula is C14H18N2O. The molecule has 1 N–H and O–H groups in total. The van der Waals surface area contributed by atoms with E-state index in [4.69, 9.17) is 4.74 Å². The summed E-state index contributed by atoms with van der Waals surface area (Å²) in [5.74, 6) is 0.915. The average molecular weight is 230 g/mol. The number of nitrogens with one attached hydrogen (secondary N) is 1. The number of aromatic amines is 1. The molecule has 0 aliphatic heterocycles. The van der Waals surface area contributed by atoms with Gasteiger partial charge in [-0.2, -0.15) is 5.10 Å². The first kappa shape index (κ1) is 11.7. The second-order valence-corrected chi connectivity index (χ2v) is 5.12. The Hall–Kier alpha value is -1.77. The predicted octanol–water partition coefficient (Wildman–Crippen LogP) is 3.38. The predicted molar refractivity (Wildman–Crippen MR) is 69.3 cm³/mol. The molecule has 0 aliphatic carbocycles. The van der Waals surface area contributed by atoms with Gasteiger partial charge in [0.2, 0.25) is 0 Å². The van der Waals surface area contributed by atoms with Crippen molar-refractivity contribution in [2.45, 2.75) is 26.2 Å². The third kappa shape index (κ3) is 2.33. The summed E-state index contributed by atoms with van der Waals surface area (Å²) in [6.45, 7) is 6.54. The fourth-order valence-corrected chi connectivity index (χ4v) is 1.89. The van der Waals surface area contributed by atoms with Crippen LogP contribution in [0.2, 0.25) is 0 Å². The molecule has 3 nitrogen and oxygen atoms in total. The maximum atomic E-state index is 5.47. The Morgan fingerprint density at radius 1 is 1.18 bits per heavy atom. The van der Waals surface area contributed by atoms with Crippen molar-refractivity contribution in [1.82, 2.24) is 10.2 Å². The van der Waals surface area contributed by atoms with Crippen LogP contribution in [0.5, 0.6) is 5.75 Å². The number of benzene rings is 1. The normalized spacial score (nSPS) is 11.5.